The van der Waals surface area contributed by atoms with Gasteiger partial charge in [-0.25, -0.2) is 4.39 Å². The molecule has 180 valence electrons. The van der Waals surface area contributed by atoms with Crippen molar-refractivity contribution in [2.75, 3.05) is 40.2 Å². The summed E-state index contributed by atoms with van der Waals surface area (Å²) in [6.45, 7) is 0.748. The maximum absolute atomic E-state index is 13.5. The van der Waals surface area contributed by atoms with Gasteiger partial charge in [-0.2, -0.15) is 8.42 Å². The number of ether oxygens (including phenoxy) is 3. The maximum atomic E-state index is 13.5. The average Bonchev–Trinajstić information content (AvgIpc) is 3.22. The van der Waals surface area contributed by atoms with Gasteiger partial charge in [0.2, 0.25) is 5.75 Å². The first-order valence-electron chi connectivity index (χ1n) is 10.4. The van der Waals surface area contributed by atoms with E-state index in [9.17, 15) is 17.6 Å². The van der Waals surface area contributed by atoms with Crippen LogP contribution >= 0.6 is 0 Å². The first kappa shape index (κ1) is 24.8. The van der Waals surface area contributed by atoms with E-state index in [1.807, 2.05) is 0 Å². The lowest BCUT2D eigenvalue weighted by Crippen LogP contribution is -2.35. The third-order valence-corrected chi connectivity index (χ3v) is 6.87. The molecule has 1 saturated heterocycles. The van der Waals surface area contributed by atoms with E-state index in [1.54, 1.807) is 29.2 Å². The Bertz CT molecular complexity index is 1080. The van der Waals surface area contributed by atoms with Gasteiger partial charge in [-0.1, -0.05) is 12.1 Å². The second-order valence-electron chi connectivity index (χ2n) is 8.07. The van der Waals surface area contributed by atoms with Gasteiger partial charge in [-0.3, -0.25) is 9.35 Å². The van der Waals surface area contributed by atoms with Crippen molar-refractivity contribution in [1.82, 2.24) is 4.90 Å². The van der Waals surface area contributed by atoms with Crippen LogP contribution in [-0.2, 0) is 15.5 Å². The monoisotopic (exact) mass is 481 g/mol. The van der Waals surface area contributed by atoms with Crippen molar-refractivity contribution in [2.45, 2.75) is 24.7 Å². The summed E-state index contributed by atoms with van der Waals surface area (Å²) in [6.07, 6.45) is 1.19. The van der Waals surface area contributed by atoms with Crippen molar-refractivity contribution in [3.8, 4) is 17.2 Å². The zero-order valence-electron chi connectivity index (χ0n) is 18.8. The summed E-state index contributed by atoms with van der Waals surface area (Å²) in [6, 6.07) is 9.19. The lowest BCUT2D eigenvalue weighted by Gasteiger charge is -2.30. The van der Waals surface area contributed by atoms with Gasteiger partial charge >= 0.3 is 0 Å². The van der Waals surface area contributed by atoms with Crippen LogP contribution in [-0.4, -0.2) is 63.9 Å². The SMILES string of the molecule is COc1cc(C(=O)N2CCC(CCCS(=O)(=O)O)(c3ccc(F)cc3)C2)cc(OC)c1OC. The Labute approximate surface area is 193 Å². The summed E-state index contributed by atoms with van der Waals surface area (Å²) in [5.41, 5.74) is 0.617. The molecule has 0 aliphatic carbocycles. The number of carbonyl (C=O) groups excluding carboxylic acids is 1. The zero-order valence-corrected chi connectivity index (χ0v) is 19.7. The molecule has 3 rings (SSSR count). The van der Waals surface area contributed by atoms with E-state index in [2.05, 4.69) is 0 Å². The number of hydrogen-bond donors (Lipinski definition) is 1. The smallest absolute Gasteiger partial charge is 0.264 e. The Morgan fingerprint density at radius 1 is 1.09 bits per heavy atom. The van der Waals surface area contributed by atoms with Gasteiger partial charge in [0.1, 0.15) is 5.82 Å². The molecule has 1 aliphatic heterocycles. The summed E-state index contributed by atoms with van der Waals surface area (Å²) in [5.74, 6) is 0.0956. The van der Waals surface area contributed by atoms with Crippen LogP contribution in [0.4, 0.5) is 4.39 Å². The standard InChI is InChI=1S/C23H28FNO7S/c1-30-19-13-16(14-20(31-2)21(19)32-3)22(26)25-11-10-23(15-25,9-4-12-33(27,28)29)17-5-7-18(24)8-6-17/h5-8,13-14H,4,9-12,15H2,1-3H3,(H,27,28,29). The first-order chi connectivity index (χ1) is 15.6. The highest BCUT2D eigenvalue weighted by atomic mass is 32.2. The van der Waals surface area contributed by atoms with Crippen LogP contribution in [0.5, 0.6) is 17.2 Å². The Balaban J connectivity index is 1.90. The van der Waals surface area contributed by atoms with Crippen LogP contribution in [0.1, 0.15) is 35.2 Å². The van der Waals surface area contributed by atoms with Gasteiger partial charge in [0.05, 0.1) is 27.1 Å². The van der Waals surface area contributed by atoms with E-state index in [1.165, 1.54) is 33.5 Å². The molecule has 1 unspecified atom stereocenters. The molecule has 1 amide bonds. The summed E-state index contributed by atoms with van der Waals surface area (Å²) in [5, 5.41) is 0. The molecule has 1 heterocycles. The molecule has 0 spiro atoms. The molecule has 1 N–H and O–H groups in total. The normalized spacial score (nSPS) is 18.3. The van der Waals surface area contributed by atoms with Crippen molar-refractivity contribution in [3.63, 3.8) is 0 Å². The molecule has 0 radical (unpaired) electrons. The predicted octanol–water partition coefficient (Wildman–Crippen LogP) is 3.30. The molecule has 0 bridgehead atoms. The number of halogens is 1. The van der Waals surface area contributed by atoms with Gasteiger partial charge in [0.15, 0.2) is 11.5 Å². The van der Waals surface area contributed by atoms with Crippen molar-refractivity contribution in [3.05, 3.63) is 53.3 Å². The minimum absolute atomic E-state index is 0.211. The highest BCUT2D eigenvalue weighted by Crippen LogP contribution is 2.42. The maximum Gasteiger partial charge on any atom is 0.264 e. The molecule has 33 heavy (non-hydrogen) atoms. The van der Waals surface area contributed by atoms with Gasteiger partial charge < -0.3 is 19.1 Å². The van der Waals surface area contributed by atoms with Crippen LogP contribution in [0.25, 0.3) is 0 Å². The van der Waals surface area contributed by atoms with E-state index in [0.717, 1.165) is 5.56 Å². The van der Waals surface area contributed by atoms with Crippen LogP contribution in [0, 0.1) is 5.82 Å². The van der Waals surface area contributed by atoms with Crippen LogP contribution in [0.3, 0.4) is 0 Å². The predicted molar refractivity (Wildman–Crippen MR) is 120 cm³/mol. The molecular weight excluding hydrogens is 453 g/mol. The fraction of sp³-hybridized carbons (Fsp3) is 0.435. The Hall–Kier alpha value is -2.85. The lowest BCUT2D eigenvalue weighted by molar-refractivity contribution is 0.0781. The number of carbonyl (C=O) groups is 1. The summed E-state index contributed by atoms with van der Waals surface area (Å²) in [4.78, 5) is 15.0. The molecule has 10 heteroatoms. The number of methoxy groups -OCH3 is 3. The number of hydrogen-bond acceptors (Lipinski definition) is 6. The molecule has 8 nitrogen and oxygen atoms in total. The van der Waals surface area contributed by atoms with E-state index >= 15 is 0 Å². The number of amides is 1. The molecule has 1 atom stereocenters. The lowest BCUT2D eigenvalue weighted by atomic mass is 9.76. The topological polar surface area (TPSA) is 102 Å². The van der Waals surface area contributed by atoms with Crippen molar-refractivity contribution >= 4 is 16.0 Å². The fourth-order valence-corrected chi connectivity index (χ4v) is 4.92. The number of nitrogens with zero attached hydrogens (tertiary/aromatic N) is 1. The van der Waals surface area contributed by atoms with Gasteiger partial charge in [-0.05, 0) is 49.1 Å². The van der Waals surface area contributed by atoms with Gasteiger partial charge in [-0.15, -0.1) is 0 Å². The second-order valence-corrected chi connectivity index (χ2v) is 9.64. The molecule has 2 aromatic rings. The second kappa shape index (κ2) is 9.96. The number of rotatable bonds is 9. The fourth-order valence-electron chi connectivity index (χ4n) is 4.41. The number of benzene rings is 2. The van der Waals surface area contributed by atoms with E-state index in [0.29, 0.717) is 48.7 Å². The van der Waals surface area contributed by atoms with Gasteiger partial charge in [0, 0.05) is 24.1 Å². The third-order valence-electron chi connectivity index (χ3n) is 6.07. The number of likely N-dealkylation sites (tertiary alicyclic amines) is 1. The summed E-state index contributed by atoms with van der Waals surface area (Å²) < 4.78 is 61.1. The quantitative estimate of drug-likeness (QED) is 0.548. The average molecular weight is 482 g/mol. The van der Waals surface area contributed by atoms with E-state index < -0.39 is 15.5 Å². The Morgan fingerprint density at radius 3 is 2.21 bits per heavy atom. The molecule has 2 aromatic carbocycles. The highest BCUT2D eigenvalue weighted by molar-refractivity contribution is 7.85. The van der Waals surface area contributed by atoms with Crippen molar-refractivity contribution in [2.24, 2.45) is 0 Å². The molecular formula is C23H28FNO7S. The first-order valence-corrected chi connectivity index (χ1v) is 12.0. The Kier molecular flexibility index (Phi) is 7.48. The molecule has 1 fully saturated rings. The zero-order chi connectivity index (χ0) is 24.2. The highest BCUT2D eigenvalue weighted by Gasteiger charge is 2.41. The van der Waals surface area contributed by atoms with Crippen LogP contribution < -0.4 is 14.2 Å². The Morgan fingerprint density at radius 2 is 1.70 bits per heavy atom. The minimum atomic E-state index is -4.11. The van der Waals surface area contributed by atoms with Crippen LogP contribution in [0.2, 0.25) is 0 Å². The van der Waals surface area contributed by atoms with E-state index in [-0.39, 0.29) is 23.9 Å². The molecule has 1 aliphatic rings. The van der Waals surface area contributed by atoms with E-state index in [4.69, 9.17) is 18.8 Å². The largest absolute Gasteiger partial charge is 0.493 e. The van der Waals surface area contributed by atoms with Crippen molar-refractivity contribution in [1.29, 1.82) is 0 Å². The minimum Gasteiger partial charge on any atom is -0.493 e. The molecule has 0 saturated carbocycles. The van der Waals surface area contributed by atoms with Gasteiger partial charge in [0.25, 0.3) is 16.0 Å². The van der Waals surface area contributed by atoms with Crippen LogP contribution in [0.15, 0.2) is 36.4 Å². The molecule has 0 aromatic heterocycles. The van der Waals surface area contributed by atoms with Crippen molar-refractivity contribution < 1.29 is 36.4 Å². The third kappa shape index (κ3) is 5.56. The summed E-state index contributed by atoms with van der Waals surface area (Å²) in [7, 11) is 0.308. The summed E-state index contributed by atoms with van der Waals surface area (Å²) >= 11 is 0.